The molecule has 1 aliphatic carbocycles. The van der Waals surface area contributed by atoms with Crippen molar-refractivity contribution in [1.29, 1.82) is 0 Å². The molecule has 0 heterocycles. The summed E-state index contributed by atoms with van der Waals surface area (Å²) in [6, 6.07) is 5.21. The zero-order valence-corrected chi connectivity index (χ0v) is 17.3. The lowest BCUT2D eigenvalue weighted by atomic mass is 9.95. The third kappa shape index (κ3) is 7.28. The average molecular weight is 416 g/mol. The highest BCUT2D eigenvalue weighted by Crippen LogP contribution is 2.29. The number of allylic oxidation sites excluding steroid dienone is 3. The van der Waals surface area contributed by atoms with E-state index in [4.69, 9.17) is 22.8 Å². The largest absolute Gasteiger partial charge is 0.473 e. The monoisotopic (exact) mass is 415 g/mol. The summed E-state index contributed by atoms with van der Waals surface area (Å²) in [5.74, 6) is 2.69. The van der Waals surface area contributed by atoms with Gasteiger partial charge in [-0.3, -0.25) is 10.1 Å². The van der Waals surface area contributed by atoms with Crippen LogP contribution in [0.1, 0.15) is 44.6 Å². The van der Waals surface area contributed by atoms with Gasteiger partial charge in [-0.05, 0) is 44.1 Å². The number of benzene rings is 1. The maximum atomic E-state index is 11.6. The fraction of sp³-hybridized carbons (Fsp3) is 0.409. The van der Waals surface area contributed by atoms with E-state index >= 15 is 0 Å². The number of anilines is 1. The van der Waals surface area contributed by atoms with E-state index in [1.54, 1.807) is 30.4 Å². The van der Waals surface area contributed by atoms with Crippen molar-refractivity contribution in [2.45, 2.75) is 45.1 Å². The van der Waals surface area contributed by atoms with Crippen LogP contribution in [0.15, 0.2) is 46.5 Å². The molecule has 1 N–H and O–H groups in total. The Balaban J connectivity index is 2.21. The van der Waals surface area contributed by atoms with E-state index in [9.17, 15) is 10.1 Å². The van der Waals surface area contributed by atoms with Gasteiger partial charge in [-0.2, -0.15) is 0 Å². The second-order valence-corrected chi connectivity index (χ2v) is 7.12. The van der Waals surface area contributed by atoms with Gasteiger partial charge in [0.25, 0.3) is 5.69 Å². The van der Waals surface area contributed by atoms with E-state index in [0.29, 0.717) is 16.3 Å². The van der Waals surface area contributed by atoms with Crippen LogP contribution in [0.2, 0.25) is 0 Å². The number of halogens is 1. The molecule has 0 spiro atoms. The zero-order valence-electron chi connectivity index (χ0n) is 16.6. The lowest BCUT2D eigenvalue weighted by Crippen LogP contribution is -2.22. The molecule has 1 saturated carbocycles. The van der Waals surface area contributed by atoms with E-state index in [-0.39, 0.29) is 35.7 Å². The van der Waals surface area contributed by atoms with Gasteiger partial charge in [0.2, 0.25) is 5.90 Å². The van der Waals surface area contributed by atoms with Gasteiger partial charge in [-0.25, -0.2) is 4.99 Å². The maximum absolute atomic E-state index is 11.6. The summed E-state index contributed by atoms with van der Waals surface area (Å²) in [7, 11) is 0. The number of nitro benzene ring substituents is 1. The lowest BCUT2D eigenvalue weighted by Gasteiger charge is -2.23. The average Bonchev–Trinajstić information content (AvgIpc) is 2.74. The molecule has 1 aromatic carbocycles. The van der Waals surface area contributed by atoms with Gasteiger partial charge in [0, 0.05) is 22.7 Å². The molecule has 0 aromatic heterocycles. The first-order chi connectivity index (χ1) is 14.0. The van der Waals surface area contributed by atoms with Crippen LogP contribution in [-0.2, 0) is 4.74 Å². The van der Waals surface area contributed by atoms with Crippen molar-refractivity contribution in [2.75, 3.05) is 18.5 Å². The smallest absolute Gasteiger partial charge is 0.293 e. The van der Waals surface area contributed by atoms with Crippen molar-refractivity contribution in [3.8, 4) is 12.3 Å². The van der Waals surface area contributed by atoms with Crippen molar-refractivity contribution < 1.29 is 9.66 Å². The van der Waals surface area contributed by atoms with Crippen molar-refractivity contribution in [2.24, 2.45) is 4.99 Å². The Morgan fingerprint density at radius 2 is 2.21 bits per heavy atom. The summed E-state index contributed by atoms with van der Waals surface area (Å²) >= 11 is 5.91. The Morgan fingerprint density at radius 1 is 1.45 bits per heavy atom. The molecule has 154 valence electrons. The molecule has 0 unspecified atom stereocenters. The number of nitrogens with zero attached hydrogens (tertiary/aromatic N) is 2. The summed E-state index contributed by atoms with van der Waals surface area (Å²) < 4.78 is 5.69. The summed E-state index contributed by atoms with van der Waals surface area (Å²) in [5.41, 5.74) is 1.02. The van der Waals surface area contributed by atoms with Gasteiger partial charge < -0.3 is 10.1 Å². The molecule has 7 heteroatoms. The number of nitrogens with one attached hydrogen (secondary N) is 1. The first-order valence-electron chi connectivity index (χ1n) is 9.69. The van der Waals surface area contributed by atoms with Crippen LogP contribution in [0.3, 0.4) is 0 Å². The molecule has 1 aliphatic rings. The third-order valence-corrected chi connectivity index (χ3v) is 4.93. The Hall–Kier alpha value is -2.78. The summed E-state index contributed by atoms with van der Waals surface area (Å²) in [6.07, 6.45) is 16.1. The Labute approximate surface area is 176 Å². The van der Waals surface area contributed by atoms with Gasteiger partial charge in [-0.15, -0.1) is 6.42 Å². The lowest BCUT2D eigenvalue weighted by molar-refractivity contribution is -0.384. The number of nitro groups is 1. The number of hydrogen-bond acceptors (Lipinski definition) is 5. The molecule has 0 atom stereocenters. The molecular formula is C22H26ClN3O3. The van der Waals surface area contributed by atoms with Crippen molar-refractivity contribution in [3.63, 3.8) is 0 Å². The van der Waals surface area contributed by atoms with E-state index in [1.165, 1.54) is 12.5 Å². The maximum Gasteiger partial charge on any atom is 0.293 e. The SMILES string of the molecule is C#CCN=C(OC/C=C\C(Cl)=C/C)c1ccc(NC2CCCCC2)c([N+](=O)[O-])c1. The second kappa shape index (κ2) is 11.9. The van der Waals surface area contributed by atoms with Crippen molar-refractivity contribution >= 4 is 28.9 Å². The molecule has 1 fully saturated rings. The predicted octanol–water partition coefficient (Wildman–Crippen LogP) is 5.43. The molecule has 0 aliphatic heterocycles. The van der Waals surface area contributed by atoms with Crippen LogP contribution in [0.25, 0.3) is 0 Å². The van der Waals surface area contributed by atoms with Crippen LogP contribution >= 0.6 is 11.6 Å². The highest BCUT2D eigenvalue weighted by atomic mass is 35.5. The van der Waals surface area contributed by atoms with Crippen LogP contribution in [-0.4, -0.2) is 30.0 Å². The quantitative estimate of drug-likeness (QED) is 0.153. The molecule has 6 nitrogen and oxygen atoms in total. The van der Waals surface area contributed by atoms with Crippen LogP contribution in [0.4, 0.5) is 11.4 Å². The Kier molecular flexibility index (Phi) is 9.26. The van der Waals surface area contributed by atoms with E-state index < -0.39 is 0 Å². The van der Waals surface area contributed by atoms with Crippen LogP contribution in [0, 0.1) is 22.5 Å². The van der Waals surface area contributed by atoms with Crippen LogP contribution in [0.5, 0.6) is 0 Å². The zero-order chi connectivity index (χ0) is 21.1. The first kappa shape index (κ1) is 22.5. The van der Waals surface area contributed by atoms with Gasteiger partial charge >= 0.3 is 0 Å². The minimum Gasteiger partial charge on any atom is -0.473 e. The molecule has 0 radical (unpaired) electrons. The molecule has 0 saturated heterocycles. The third-order valence-electron chi connectivity index (χ3n) is 4.59. The molecule has 1 aromatic rings. The van der Waals surface area contributed by atoms with Crippen molar-refractivity contribution in [3.05, 3.63) is 57.1 Å². The molecule has 29 heavy (non-hydrogen) atoms. The van der Waals surface area contributed by atoms with E-state index in [2.05, 4.69) is 16.2 Å². The summed E-state index contributed by atoms with van der Waals surface area (Å²) in [6.45, 7) is 2.16. The second-order valence-electron chi connectivity index (χ2n) is 6.68. The number of rotatable bonds is 8. The van der Waals surface area contributed by atoms with Gasteiger partial charge in [0.05, 0.1) is 4.92 Å². The van der Waals surface area contributed by atoms with E-state index in [1.807, 2.05) is 6.92 Å². The first-order valence-corrected chi connectivity index (χ1v) is 10.1. The number of aliphatic imine (C=N–C) groups is 1. The summed E-state index contributed by atoms with van der Waals surface area (Å²) in [5, 5.41) is 15.6. The Morgan fingerprint density at radius 3 is 2.86 bits per heavy atom. The fourth-order valence-electron chi connectivity index (χ4n) is 3.13. The molecule has 0 bridgehead atoms. The molecule has 0 amide bonds. The fourth-order valence-corrected chi connectivity index (χ4v) is 3.22. The molecule has 2 rings (SSSR count). The minimum absolute atomic E-state index is 0.00224. The highest BCUT2D eigenvalue weighted by Gasteiger charge is 2.21. The highest BCUT2D eigenvalue weighted by molar-refractivity contribution is 6.31. The van der Waals surface area contributed by atoms with E-state index in [0.717, 1.165) is 25.7 Å². The van der Waals surface area contributed by atoms with Crippen molar-refractivity contribution in [1.82, 2.24) is 0 Å². The van der Waals surface area contributed by atoms with Gasteiger partial charge in [0.1, 0.15) is 18.8 Å². The van der Waals surface area contributed by atoms with Gasteiger partial charge in [-0.1, -0.05) is 42.9 Å². The molecular weight excluding hydrogens is 390 g/mol. The topological polar surface area (TPSA) is 76.8 Å². The number of ether oxygens (including phenoxy) is 1. The number of hydrogen-bond donors (Lipinski definition) is 1. The van der Waals surface area contributed by atoms with Crippen LogP contribution < -0.4 is 5.32 Å². The standard InChI is InChI=1S/C22H26ClN3O3/c1-3-14-24-22(29-15-8-9-18(23)4-2)17-12-13-20(21(16-17)26(27)28)25-19-10-6-5-7-11-19/h1,4,8-9,12-13,16,19,25H,5-7,10-11,14-15H2,2H3/b9-8-,18-4+,24-22?. The Bertz CT molecular complexity index is 834. The minimum atomic E-state index is -0.390. The summed E-state index contributed by atoms with van der Waals surface area (Å²) in [4.78, 5) is 15.5. The number of terminal acetylenes is 1. The van der Waals surface area contributed by atoms with Gasteiger partial charge in [0.15, 0.2) is 0 Å². The normalized spacial score (nSPS) is 15.9. The predicted molar refractivity (Wildman–Crippen MR) is 119 cm³/mol.